The van der Waals surface area contributed by atoms with Crippen LogP contribution in [0.5, 0.6) is 5.75 Å². The van der Waals surface area contributed by atoms with Crippen LogP contribution in [-0.4, -0.2) is 55.2 Å². The molecule has 1 amide bonds. The first-order chi connectivity index (χ1) is 12.0. The second kappa shape index (κ2) is 7.38. The van der Waals surface area contributed by atoms with Crippen molar-refractivity contribution in [2.45, 2.75) is 0 Å². The van der Waals surface area contributed by atoms with Crippen LogP contribution in [0.2, 0.25) is 5.02 Å². The van der Waals surface area contributed by atoms with E-state index in [0.717, 1.165) is 4.70 Å². The van der Waals surface area contributed by atoms with Gasteiger partial charge in [0, 0.05) is 19.2 Å². The summed E-state index contributed by atoms with van der Waals surface area (Å²) in [5, 5.41) is 4.71. The van der Waals surface area contributed by atoms with Crippen molar-refractivity contribution in [1.29, 1.82) is 0 Å². The number of halogens is 1. The minimum absolute atomic E-state index is 0.163. The molecule has 25 heavy (non-hydrogen) atoms. The fraction of sp³-hybridized carbons (Fsp3) is 0.312. The van der Waals surface area contributed by atoms with Crippen LogP contribution in [0, 0.1) is 0 Å². The highest BCUT2D eigenvalue weighted by Gasteiger charge is 2.25. The first kappa shape index (κ1) is 17.7. The maximum atomic E-state index is 12.8. The summed E-state index contributed by atoms with van der Waals surface area (Å²) in [5.74, 6) is 0.478. The molecule has 0 bridgehead atoms. The van der Waals surface area contributed by atoms with E-state index >= 15 is 0 Å². The molecule has 0 N–H and O–H groups in total. The Morgan fingerprint density at radius 3 is 2.76 bits per heavy atom. The van der Waals surface area contributed by atoms with Crippen molar-refractivity contribution in [3.63, 3.8) is 0 Å². The van der Waals surface area contributed by atoms with Crippen LogP contribution >= 0.6 is 22.9 Å². The number of hydrogen-bond acceptors (Lipinski definition) is 7. The average molecular weight is 381 g/mol. The van der Waals surface area contributed by atoms with Crippen LogP contribution in [0.3, 0.4) is 0 Å². The van der Waals surface area contributed by atoms with E-state index in [1.165, 1.54) is 23.6 Å². The third kappa shape index (κ3) is 3.60. The van der Waals surface area contributed by atoms with E-state index in [2.05, 4.69) is 10.1 Å². The number of ether oxygens (including phenoxy) is 1. The molecule has 1 aromatic carbocycles. The predicted octanol–water partition coefficient (Wildman–Crippen LogP) is 3.15. The van der Waals surface area contributed by atoms with E-state index < -0.39 is 0 Å². The number of aromatic nitrogens is 2. The van der Waals surface area contributed by atoms with Gasteiger partial charge >= 0.3 is 0 Å². The first-order valence-corrected chi connectivity index (χ1v) is 8.71. The summed E-state index contributed by atoms with van der Waals surface area (Å²) < 4.78 is 11.1. The van der Waals surface area contributed by atoms with Crippen LogP contribution in [0.15, 0.2) is 28.9 Å². The van der Waals surface area contributed by atoms with Crippen molar-refractivity contribution in [2.75, 3.05) is 39.2 Å². The number of amides is 1. The summed E-state index contributed by atoms with van der Waals surface area (Å²) in [6, 6.07) is 5.05. The molecule has 132 valence electrons. The number of nitrogens with zero attached hydrogens (tertiary/aromatic N) is 4. The van der Waals surface area contributed by atoms with Crippen molar-refractivity contribution in [3.05, 3.63) is 35.2 Å². The molecule has 0 atom stereocenters. The molecule has 0 saturated heterocycles. The van der Waals surface area contributed by atoms with Crippen molar-refractivity contribution in [2.24, 2.45) is 0 Å². The van der Waals surface area contributed by atoms with Gasteiger partial charge in [-0.2, -0.15) is 0 Å². The van der Waals surface area contributed by atoms with Gasteiger partial charge in [0.05, 0.1) is 23.0 Å². The molecule has 0 saturated carbocycles. The topological polar surface area (TPSA) is 71.7 Å². The lowest BCUT2D eigenvalue weighted by Gasteiger charge is -2.20. The van der Waals surface area contributed by atoms with E-state index in [4.69, 9.17) is 20.9 Å². The SMILES string of the molecule is COc1ccc(Cl)c2sc(N(CCN(C)C)C(=O)c3ccno3)nc12. The van der Waals surface area contributed by atoms with E-state index in [-0.39, 0.29) is 11.7 Å². The maximum Gasteiger partial charge on any atom is 0.298 e. The Kier molecular flexibility index (Phi) is 5.22. The molecule has 0 aliphatic rings. The second-order valence-electron chi connectivity index (χ2n) is 5.56. The number of carbonyl (C=O) groups excluding carboxylic acids is 1. The number of methoxy groups -OCH3 is 1. The van der Waals surface area contributed by atoms with Gasteiger partial charge in [-0.15, -0.1) is 0 Å². The largest absolute Gasteiger partial charge is 0.494 e. The van der Waals surface area contributed by atoms with Gasteiger partial charge in [0.1, 0.15) is 11.3 Å². The normalized spacial score (nSPS) is 11.2. The summed E-state index contributed by atoms with van der Waals surface area (Å²) in [7, 11) is 5.45. The predicted molar refractivity (Wildman–Crippen MR) is 97.9 cm³/mol. The molecule has 3 aromatic rings. The molecule has 0 aliphatic heterocycles. The molecule has 0 radical (unpaired) electrons. The summed E-state index contributed by atoms with van der Waals surface area (Å²) in [6.07, 6.45) is 1.44. The highest BCUT2D eigenvalue weighted by molar-refractivity contribution is 7.23. The Bertz CT molecular complexity index is 879. The average Bonchev–Trinajstić information content (AvgIpc) is 3.25. The van der Waals surface area contributed by atoms with E-state index in [0.29, 0.717) is 34.5 Å². The van der Waals surface area contributed by atoms with Gasteiger partial charge in [0.25, 0.3) is 5.91 Å². The molecule has 0 fully saturated rings. The number of anilines is 1. The quantitative estimate of drug-likeness (QED) is 0.654. The minimum atomic E-state index is -0.298. The number of rotatable bonds is 6. The van der Waals surface area contributed by atoms with Crippen molar-refractivity contribution < 1.29 is 14.1 Å². The van der Waals surface area contributed by atoms with Gasteiger partial charge in [-0.25, -0.2) is 4.98 Å². The van der Waals surface area contributed by atoms with E-state index in [1.54, 1.807) is 24.1 Å². The minimum Gasteiger partial charge on any atom is -0.494 e. The molecule has 0 unspecified atom stereocenters. The van der Waals surface area contributed by atoms with Gasteiger partial charge in [-0.3, -0.25) is 9.69 Å². The summed E-state index contributed by atoms with van der Waals surface area (Å²) >= 11 is 7.63. The lowest BCUT2D eigenvalue weighted by atomic mass is 10.3. The molecular formula is C16H17ClN4O3S. The Morgan fingerprint density at radius 2 is 2.12 bits per heavy atom. The molecule has 2 heterocycles. The first-order valence-electron chi connectivity index (χ1n) is 7.51. The zero-order chi connectivity index (χ0) is 18.0. The number of carbonyl (C=O) groups is 1. The van der Waals surface area contributed by atoms with Crippen LogP contribution in [0.25, 0.3) is 10.2 Å². The monoisotopic (exact) mass is 380 g/mol. The summed E-state index contributed by atoms with van der Waals surface area (Å²) in [5.41, 5.74) is 0.634. The summed E-state index contributed by atoms with van der Waals surface area (Å²) in [4.78, 5) is 21.0. The van der Waals surface area contributed by atoms with Crippen LogP contribution < -0.4 is 9.64 Å². The standard InChI is InChI=1S/C16H17ClN4O3S/c1-20(2)8-9-21(15(22)12-6-7-18-24-12)16-19-13-11(23-3)5-4-10(17)14(13)25-16/h4-7H,8-9H2,1-3H3. The third-order valence-electron chi connectivity index (χ3n) is 3.56. The van der Waals surface area contributed by atoms with E-state index in [9.17, 15) is 4.79 Å². The second-order valence-corrected chi connectivity index (χ2v) is 6.95. The third-order valence-corrected chi connectivity index (χ3v) is 5.10. The van der Waals surface area contributed by atoms with Gasteiger partial charge in [-0.05, 0) is 26.2 Å². The zero-order valence-corrected chi connectivity index (χ0v) is 15.6. The molecule has 9 heteroatoms. The van der Waals surface area contributed by atoms with Gasteiger partial charge in [0.15, 0.2) is 5.13 Å². The molecule has 7 nitrogen and oxygen atoms in total. The Labute approximate surface area is 153 Å². The molecular weight excluding hydrogens is 364 g/mol. The molecule has 2 aromatic heterocycles. The van der Waals surface area contributed by atoms with Gasteiger partial charge in [-0.1, -0.05) is 28.1 Å². The molecule has 0 aliphatic carbocycles. The fourth-order valence-electron chi connectivity index (χ4n) is 2.26. The Hall–Kier alpha value is -2.16. The van der Waals surface area contributed by atoms with Crippen molar-refractivity contribution in [3.8, 4) is 5.75 Å². The van der Waals surface area contributed by atoms with Gasteiger partial charge in [0.2, 0.25) is 5.76 Å². The molecule has 3 rings (SSSR count). The Morgan fingerprint density at radius 1 is 1.32 bits per heavy atom. The summed E-state index contributed by atoms with van der Waals surface area (Å²) in [6.45, 7) is 1.12. The highest BCUT2D eigenvalue weighted by Crippen LogP contribution is 2.38. The number of fused-ring (bicyclic) bond motifs is 1. The van der Waals surface area contributed by atoms with Gasteiger partial charge < -0.3 is 14.2 Å². The lowest BCUT2D eigenvalue weighted by Crippen LogP contribution is -2.36. The Balaban J connectivity index is 2.04. The van der Waals surface area contributed by atoms with E-state index in [1.807, 2.05) is 19.0 Å². The number of hydrogen-bond donors (Lipinski definition) is 0. The smallest absolute Gasteiger partial charge is 0.298 e. The van der Waals surface area contributed by atoms with Crippen LogP contribution in [0.1, 0.15) is 10.6 Å². The van der Waals surface area contributed by atoms with Crippen LogP contribution in [-0.2, 0) is 0 Å². The molecule has 0 spiro atoms. The van der Waals surface area contributed by atoms with Crippen molar-refractivity contribution in [1.82, 2.24) is 15.0 Å². The highest BCUT2D eigenvalue weighted by atomic mass is 35.5. The zero-order valence-electron chi connectivity index (χ0n) is 14.0. The maximum absolute atomic E-state index is 12.8. The van der Waals surface area contributed by atoms with Crippen LogP contribution in [0.4, 0.5) is 5.13 Å². The van der Waals surface area contributed by atoms with Crippen molar-refractivity contribution >= 4 is 44.2 Å². The fourth-order valence-corrected chi connectivity index (χ4v) is 3.55. The lowest BCUT2D eigenvalue weighted by molar-refractivity contribution is 0.0949. The number of likely N-dealkylation sites (N-methyl/N-ethyl adjacent to an activating group) is 1. The number of benzene rings is 1. The number of thiazole rings is 1.